The Labute approximate surface area is 146 Å². The van der Waals surface area contributed by atoms with E-state index in [2.05, 4.69) is 15.2 Å². The number of morpholine rings is 1. The lowest BCUT2D eigenvalue weighted by atomic mass is 9.49. The number of anilines is 2. The van der Waals surface area contributed by atoms with Crippen LogP contribution in [-0.4, -0.2) is 37.2 Å². The van der Waals surface area contributed by atoms with Crippen LogP contribution in [0.3, 0.4) is 0 Å². The second kappa shape index (κ2) is 5.70. The Kier molecular flexibility index (Phi) is 3.59. The third-order valence-corrected chi connectivity index (χ3v) is 7.53. The molecule has 1 aromatic rings. The van der Waals surface area contributed by atoms with E-state index in [0.29, 0.717) is 0 Å². The van der Waals surface area contributed by atoms with Crippen LogP contribution in [0.25, 0.3) is 0 Å². The van der Waals surface area contributed by atoms with Crippen molar-refractivity contribution in [3.05, 3.63) is 6.20 Å². The van der Waals surface area contributed by atoms with Gasteiger partial charge in [-0.2, -0.15) is 0 Å². The predicted octanol–water partition coefficient (Wildman–Crippen LogP) is 3.13. The first-order valence-electron chi connectivity index (χ1n) is 9.30. The summed E-state index contributed by atoms with van der Waals surface area (Å²) in [5.74, 6) is 2.62. The Balaban J connectivity index is 1.29. The fourth-order valence-electron chi connectivity index (χ4n) is 5.87. The van der Waals surface area contributed by atoms with Gasteiger partial charge in [0, 0.05) is 13.1 Å². The number of rotatable bonds is 3. The molecule has 5 nitrogen and oxygen atoms in total. The Morgan fingerprint density at radius 1 is 1.17 bits per heavy atom. The molecule has 0 radical (unpaired) electrons. The van der Waals surface area contributed by atoms with E-state index in [-0.39, 0.29) is 11.3 Å². The molecule has 1 aliphatic heterocycles. The van der Waals surface area contributed by atoms with Crippen molar-refractivity contribution in [3.8, 4) is 0 Å². The number of hydrogen-bond donors (Lipinski definition) is 1. The Bertz CT molecular complexity index is 603. The number of nitrogens with zero attached hydrogens (tertiary/aromatic N) is 2. The van der Waals surface area contributed by atoms with Gasteiger partial charge in [0.05, 0.1) is 24.8 Å². The number of amides is 1. The molecule has 2 heterocycles. The summed E-state index contributed by atoms with van der Waals surface area (Å²) in [5.41, 5.74) is -0.0977. The van der Waals surface area contributed by atoms with Crippen LogP contribution in [0.15, 0.2) is 6.20 Å². The third kappa shape index (κ3) is 2.54. The lowest BCUT2D eigenvalue weighted by molar-refractivity contribution is -0.140. The molecule has 5 fully saturated rings. The van der Waals surface area contributed by atoms with E-state index in [9.17, 15) is 4.79 Å². The number of ether oxygens (including phenoxy) is 1. The smallest absolute Gasteiger partial charge is 0.232 e. The maximum absolute atomic E-state index is 13.1. The normalized spacial score (nSPS) is 37.7. The van der Waals surface area contributed by atoms with Crippen LogP contribution in [0.2, 0.25) is 0 Å². The summed E-state index contributed by atoms with van der Waals surface area (Å²) in [6.07, 6.45) is 9.30. The molecule has 1 saturated heterocycles. The summed E-state index contributed by atoms with van der Waals surface area (Å²) in [5, 5.41) is 5.07. The fraction of sp³-hybridized carbons (Fsp3) is 0.778. The summed E-state index contributed by atoms with van der Waals surface area (Å²) in [6.45, 7) is 3.36. The van der Waals surface area contributed by atoms with E-state index in [1.807, 2.05) is 6.20 Å². The predicted molar refractivity (Wildman–Crippen MR) is 94.4 cm³/mol. The Morgan fingerprint density at radius 3 is 2.42 bits per heavy atom. The first-order valence-corrected chi connectivity index (χ1v) is 10.1. The summed E-state index contributed by atoms with van der Waals surface area (Å²) in [4.78, 5) is 19.8. The maximum atomic E-state index is 13.1. The highest BCUT2D eigenvalue weighted by atomic mass is 32.1. The minimum Gasteiger partial charge on any atom is -0.378 e. The minimum absolute atomic E-state index is 0.0977. The largest absolute Gasteiger partial charge is 0.378 e. The summed E-state index contributed by atoms with van der Waals surface area (Å²) < 4.78 is 5.40. The van der Waals surface area contributed by atoms with Crippen molar-refractivity contribution in [1.29, 1.82) is 0 Å². The first-order chi connectivity index (χ1) is 11.7. The molecule has 0 atom stereocenters. The lowest BCUT2D eigenvalue weighted by Crippen LogP contribution is -2.51. The Morgan fingerprint density at radius 2 is 1.79 bits per heavy atom. The van der Waals surface area contributed by atoms with Gasteiger partial charge in [0.25, 0.3) is 0 Å². The van der Waals surface area contributed by atoms with Gasteiger partial charge in [0.15, 0.2) is 5.13 Å². The van der Waals surface area contributed by atoms with Crippen molar-refractivity contribution in [2.24, 2.45) is 23.2 Å². The van der Waals surface area contributed by atoms with E-state index in [4.69, 9.17) is 4.74 Å². The molecular weight excluding hydrogens is 322 g/mol. The van der Waals surface area contributed by atoms with Gasteiger partial charge < -0.3 is 15.0 Å². The molecule has 0 spiro atoms. The Hall–Kier alpha value is -1.14. The second-order valence-electron chi connectivity index (χ2n) is 8.26. The highest BCUT2D eigenvalue weighted by Gasteiger charge is 2.54. The lowest BCUT2D eigenvalue weighted by Gasteiger charge is -2.55. The molecule has 5 aliphatic rings. The number of carbonyl (C=O) groups is 1. The van der Waals surface area contributed by atoms with Crippen molar-refractivity contribution in [2.45, 2.75) is 38.5 Å². The van der Waals surface area contributed by atoms with Gasteiger partial charge in [-0.05, 0) is 56.3 Å². The van der Waals surface area contributed by atoms with Crippen molar-refractivity contribution in [3.63, 3.8) is 0 Å². The minimum atomic E-state index is -0.0977. The number of aromatic nitrogens is 1. The standard InChI is InChI=1S/C18H25N3O2S/c22-16(18-8-12-5-13(9-18)7-14(6-12)10-18)20-17-19-11-15(24-17)21-1-3-23-4-2-21/h11-14H,1-10H2,(H,19,20,22). The van der Waals surface area contributed by atoms with E-state index >= 15 is 0 Å². The SMILES string of the molecule is O=C(Nc1ncc(N2CCOCC2)s1)C12CC3CC(CC(C3)C1)C2. The van der Waals surface area contributed by atoms with Crippen LogP contribution in [0, 0.1) is 23.2 Å². The number of nitrogens with one attached hydrogen (secondary N) is 1. The summed E-state index contributed by atoms with van der Waals surface area (Å²) >= 11 is 1.60. The molecule has 24 heavy (non-hydrogen) atoms. The van der Waals surface area contributed by atoms with Crippen molar-refractivity contribution < 1.29 is 9.53 Å². The first kappa shape index (κ1) is 15.1. The van der Waals surface area contributed by atoms with Crippen molar-refractivity contribution in [1.82, 2.24) is 4.98 Å². The second-order valence-corrected chi connectivity index (χ2v) is 9.26. The molecule has 4 bridgehead atoms. The maximum Gasteiger partial charge on any atom is 0.232 e. The molecule has 6 heteroatoms. The van der Waals surface area contributed by atoms with Crippen molar-refractivity contribution >= 4 is 27.4 Å². The van der Waals surface area contributed by atoms with Gasteiger partial charge in [-0.1, -0.05) is 11.3 Å². The van der Waals surface area contributed by atoms with Crippen LogP contribution in [0.5, 0.6) is 0 Å². The molecule has 4 aliphatic carbocycles. The van der Waals surface area contributed by atoms with Gasteiger partial charge in [-0.15, -0.1) is 0 Å². The van der Waals surface area contributed by atoms with Gasteiger partial charge in [-0.3, -0.25) is 4.79 Å². The molecule has 1 N–H and O–H groups in total. The van der Waals surface area contributed by atoms with E-state index in [0.717, 1.165) is 73.5 Å². The molecule has 1 aromatic heterocycles. The average Bonchev–Trinajstić information content (AvgIpc) is 3.03. The molecule has 1 amide bonds. The monoisotopic (exact) mass is 347 g/mol. The topological polar surface area (TPSA) is 54.5 Å². The highest BCUT2D eigenvalue weighted by Crippen LogP contribution is 2.60. The third-order valence-electron chi connectivity index (χ3n) is 6.56. The number of thiazole rings is 1. The van der Waals surface area contributed by atoms with Crippen LogP contribution in [0.1, 0.15) is 38.5 Å². The molecule has 0 aromatic carbocycles. The summed E-state index contributed by atoms with van der Waals surface area (Å²) in [7, 11) is 0. The van der Waals surface area contributed by atoms with Gasteiger partial charge in [0.2, 0.25) is 5.91 Å². The van der Waals surface area contributed by atoms with E-state index in [1.165, 1.54) is 19.3 Å². The fourth-order valence-corrected chi connectivity index (χ4v) is 6.74. The van der Waals surface area contributed by atoms with E-state index in [1.54, 1.807) is 11.3 Å². The van der Waals surface area contributed by atoms with Crippen LogP contribution in [-0.2, 0) is 9.53 Å². The quantitative estimate of drug-likeness (QED) is 0.913. The molecule has 130 valence electrons. The summed E-state index contributed by atoms with van der Waals surface area (Å²) in [6, 6.07) is 0. The molecular formula is C18H25N3O2S. The van der Waals surface area contributed by atoms with Gasteiger partial charge >= 0.3 is 0 Å². The van der Waals surface area contributed by atoms with Crippen LogP contribution >= 0.6 is 11.3 Å². The number of hydrogen-bond acceptors (Lipinski definition) is 5. The average molecular weight is 347 g/mol. The van der Waals surface area contributed by atoms with E-state index < -0.39 is 0 Å². The zero-order chi connectivity index (χ0) is 16.1. The molecule has 6 rings (SSSR count). The van der Waals surface area contributed by atoms with Crippen molar-refractivity contribution in [2.75, 3.05) is 36.5 Å². The molecule has 0 unspecified atom stereocenters. The zero-order valence-corrected chi connectivity index (χ0v) is 14.8. The molecule has 4 saturated carbocycles. The van der Waals surface area contributed by atoms with Crippen LogP contribution in [0.4, 0.5) is 10.1 Å². The van der Waals surface area contributed by atoms with Crippen LogP contribution < -0.4 is 10.2 Å². The van der Waals surface area contributed by atoms with Gasteiger partial charge in [-0.25, -0.2) is 4.98 Å². The number of carbonyl (C=O) groups excluding carboxylic acids is 1. The highest BCUT2D eigenvalue weighted by molar-refractivity contribution is 7.19. The van der Waals surface area contributed by atoms with Gasteiger partial charge in [0.1, 0.15) is 5.00 Å². The zero-order valence-electron chi connectivity index (χ0n) is 14.0.